The number of rotatable bonds is 4. The van der Waals surface area contributed by atoms with E-state index in [1.54, 1.807) is 17.8 Å². The zero-order valence-corrected chi connectivity index (χ0v) is 11.1. The Morgan fingerprint density at radius 2 is 1.89 bits per heavy atom. The first-order chi connectivity index (χ1) is 8.72. The molecule has 18 heavy (non-hydrogen) atoms. The molecule has 0 aromatic heterocycles. The highest BCUT2D eigenvalue weighted by Crippen LogP contribution is 2.28. The summed E-state index contributed by atoms with van der Waals surface area (Å²) >= 11 is 1.63. The summed E-state index contributed by atoms with van der Waals surface area (Å²) in [7, 11) is 0. The number of halogens is 1. The molecule has 2 aromatic carbocycles. The number of aryl methyl sites for hydroxylation is 1. The lowest BCUT2D eigenvalue weighted by molar-refractivity contribution is 0.604. The Morgan fingerprint density at radius 3 is 2.61 bits per heavy atom. The number of hydrogen-bond donors (Lipinski definition) is 1. The van der Waals surface area contributed by atoms with E-state index in [4.69, 9.17) is 5.73 Å². The maximum atomic E-state index is 13.6. The van der Waals surface area contributed by atoms with E-state index in [9.17, 15) is 4.39 Å². The third-order valence-corrected chi connectivity index (χ3v) is 4.07. The summed E-state index contributed by atoms with van der Waals surface area (Å²) in [6.45, 7) is 2.33. The smallest absolute Gasteiger partial charge is 0.128 e. The molecule has 0 atom stereocenters. The first kappa shape index (κ1) is 13.1. The van der Waals surface area contributed by atoms with Crippen LogP contribution >= 0.6 is 11.8 Å². The van der Waals surface area contributed by atoms with E-state index in [0.29, 0.717) is 5.56 Å². The fraction of sp³-hybridized carbons (Fsp3) is 0.200. The summed E-state index contributed by atoms with van der Waals surface area (Å²) in [6.07, 6.45) is 0. The van der Waals surface area contributed by atoms with Crippen molar-refractivity contribution in [2.24, 2.45) is 5.73 Å². The van der Waals surface area contributed by atoms with Crippen molar-refractivity contribution in [2.75, 3.05) is 0 Å². The molecule has 3 heteroatoms. The standard InChI is InChI=1S/C15H16FNS/c1-11-5-2-3-6-12(11)10-18-15-8-4-7-14(16)13(15)9-17/h2-8H,9-10,17H2,1H3. The molecule has 0 spiro atoms. The molecule has 0 unspecified atom stereocenters. The lowest BCUT2D eigenvalue weighted by atomic mass is 10.1. The lowest BCUT2D eigenvalue weighted by Crippen LogP contribution is -2.01. The van der Waals surface area contributed by atoms with Crippen molar-refractivity contribution in [1.82, 2.24) is 0 Å². The van der Waals surface area contributed by atoms with Gasteiger partial charge in [0, 0.05) is 22.8 Å². The molecule has 94 valence electrons. The Balaban J connectivity index is 2.16. The predicted molar refractivity (Wildman–Crippen MR) is 75.0 cm³/mol. The summed E-state index contributed by atoms with van der Waals surface area (Å²) in [5.74, 6) is 0.621. The second kappa shape index (κ2) is 6.03. The third kappa shape index (κ3) is 2.92. The molecule has 1 nitrogen and oxygen atoms in total. The van der Waals surface area contributed by atoms with Crippen molar-refractivity contribution in [1.29, 1.82) is 0 Å². The molecule has 0 saturated heterocycles. The SMILES string of the molecule is Cc1ccccc1CSc1cccc(F)c1CN. The number of hydrogen-bond acceptors (Lipinski definition) is 2. The van der Waals surface area contributed by atoms with E-state index >= 15 is 0 Å². The first-order valence-corrected chi connectivity index (χ1v) is 6.85. The van der Waals surface area contributed by atoms with Crippen LogP contribution in [0.1, 0.15) is 16.7 Å². The molecule has 0 radical (unpaired) electrons. The van der Waals surface area contributed by atoms with Gasteiger partial charge in [0.15, 0.2) is 0 Å². The Labute approximate surface area is 111 Å². The summed E-state index contributed by atoms with van der Waals surface area (Å²) < 4.78 is 13.6. The molecule has 2 rings (SSSR count). The van der Waals surface area contributed by atoms with E-state index in [-0.39, 0.29) is 12.4 Å². The van der Waals surface area contributed by atoms with E-state index in [2.05, 4.69) is 19.1 Å². The molecule has 0 aliphatic heterocycles. The molecule has 2 aromatic rings. The fourth-order valence-corrected chi connectivity index (χ4v) is 2.96. The minimum atomic E-state index is -0.215. The van der Waals surface area contributed by atoms with E-state index in [0.717, 1.165) is 10.6 Å². The van der Waals surface area contributed by atoms with Crippen LogP contribution in [0.25, 0.3) is 0 Å². The van der Waals surface area contributed by atoms with E-state index in [1.165, 1.54) is 17.2 Å². The Hall–Kier alpha value is -1.32. The van der Waals surface area contributed by atoms with E-state index < -0.39 is 0 Å². The van der Waals surface area contributed by atoms with Crippen molar-refractivity contribution in [2.45, 2.75) is 24.1 Å². The van der Waals surface area contributed by atoms with Gasteiger partial charge in [-0.05, 0) is 30.2 Å². The van der Waals surface area contributed by atoms with Crippen LogP contribution in [-0.2, 0) is 12.3 Å². The third-order valence-electron chi connectivity index (χ3n) is 2.92. The van der Waals surface area contributed by atoms with Crippen molar-refractivity contribution < 1.29 is 4.39 Å². The topological polar surface area (TPSA) is 26.0 Å². The second-order valence-corrected chi connectivity index (χ2v) is 5.15. The van der Waals surface area contributed by atoms with Crippen LogP contribution in [-0.4, -0.2) is 0 Å². The average molecular weight is 261 g/mol. The largest absolute Gasteiger partial charge is 0.326 e. The normalized spacial score (nSPS) is 10.6. The van der Waals surface area contributed by atoms with Gasteiger partial charge in [0.25, 0.3) is 0 Å². The summed E-state index contributed by atoms with van der Waals surface area (Å²) in [4.78, 5) is 0.931. The molecule has 0 aliphatic carbocycles. The van der Waals surface area contributed by atoms with Crippen molar-refractivity contribution in [3.63, 3.8) is 0 Å². The zero-order valence-electron chi connectivity index (χ0n) is 10.3. The summed E-state index contributed by atoms with van der Waals surface area (Å²) in [6, 6.07) is 13.4. The average Bonchev–Trinajstić information content (AvgIpc) is 2.38. The Kier molecular flexibility index (Phi) is 4.39. The van der Waals surface area contributed by atoms with Crippen molar-refractivity contribution >= 4 is 11.8 Å². The first-order valence-electron chi connectivity index (χ1n) is 5.87. The molecule has 0 aliphatic rings. The molecule has 0 saturated carbocycles. The van der Waals surface area contributed by atoms with Crippen molar-refractivity contribution in [3.8, 4) is 0 Å². The van der Waals surface area contributed by atoms with Crippen LogP contribution in [0.4, 0.5) is 4.39 Å². The van der Waals surface area contributed by atoms with Crippen LogP contribution in [0.3, 0.4) is 0 Å². The highest BCUT2D eigenvalue weighted by molar-refractivity contribution is 7.98. The Morgan fingerprint density at radius 1 is 1.11 bits per heavy atom. The molecule has 2 N–H and O–H groups in total. The minimum absolute atomic E-state index is 0.215. The molecule has 0 amide bonds. The van der Waals surface area contributed by atoms with Crippen LogP contribution in [0.15, 0.2) is 47.4 Å². The molecule has 0 heterocycles. The van der Waals surface area contributed by atoms with E-state index in [1.807, 2.05) is 18.2 Å². The van der Waals surface area contributed by atoms with Crippen molar-refractivity contribution in [3.05, 3.63) is 65.0 Å². The summed E-state index contributed by atoms with van der Waals surface area (Å²) in [5, 5.41) is 0. The molecule has 0 bridgehead atoms. The maximum Gasteiger partial charge on any atom is 0.128 e. The monoisotopic (exact) mass is 261 g/mol. The lowest BCUT2D eigenvalue weighted by Gasteiger charge is -2.09. The van der Waals surface area contributed by atoms with Gasteiger partial charge in [0.2, 0.25) is 0 Å². The summed E-state index contributed by atoms with van der Waals surface area (Å²) in [5.41, 5.74) is 8.74. The maximum absolute atomic E-state index is 13.6. The fourth-order valence-electron chi connectivity index (χ4n) is 1.80. The molecular weight excluding hydrogens is 245 g/mol. The van der Waals surface area contributed by atoms with Gasteiger partial charge in [0.1, 0.15) is 5.82 Å². The van der Waals surface area contributed by atoms with Gasteiger partial charge >= 0.3 is 0 Å². The predicted octanol–water partition coefficient (Wildman–Crippen LogP) is 3.89. The molecule has 0 fully saturated rings. The van der Waals surface area contributed by atoms with Gasteiger partial charge < -0.3 is 5.73 Å². The van der Waals surface area contributed by atoms with Gasteiger partial charge in [-0.25, -0.2) is 4.39 Å². The van der Waals surface area contributed by atoms with Crippen LogP contribution in [0.2, 0.25) is 0 Å². The number of nitrogens with two attached hydrogens (primary N) is 1. The van der Waals surface area contributed by atoms with Gasteiger partial charge in [-0.2, -0.15) is 0 Å². The highest BCUT2D eigenvalue weighted by atomic mass is 32.2. The zero-order chi connectivity index (χ0) is 13.0. The Bertz CT molecular complexity index is 540. The van der Waals surface area contributed by atoms with Crippen LogP contribution in [0, 0.1) is 12.7 Å². The van der Waals surface area contributed by atoms with Crippen LogP contribution < -0.4 is 5.73 Å². The van der Waals surface area contributed by atoms with Gasteiger partial charge in [-0.15, -0.1) is 11.8 Å². The minimum Gasteiger partial charge on any atom is -0.326 e. The number of benzene rings is 2. The second-order valence-electron chi connectivity index (χ2n) is 4.14. The van der Waals surface area contributed by atoms with Crippen LogP contribution in [0.5, 0.6) is 0 Å². The van der Waals surface area contributed by atoms with Gasteiger partial charge in [-0.1, -0.05) is 30.3 Å². The highest BCUT2D eigenvalue weighted by Gasteiger charge is 2.07. The quantitative estimate of drug-likeness (QED) is 0.845. The van der Waals surface area contributed by atoms with Gasteiger partial charge in [0.05, 0.1) is 0 Å². The molecular formula is C15H16FNS. The van der Waals surface area contributed by atoms with Gasteiger partial charge in [-0.3, -0.25) is 0 Å². The number of thioether (sulfide) groups is 1.